The van der Waals surface area contributed by atoms with Crippen LogP contribution >= 0.6 is 11.8 Å². The number of para-hydroxylation sites is 1. The third kappa shape index (κ3) is 3.69. The minimum atomic E-state index is -1.04. The predicted octanol–water partition coefficient (Wildman–Crippen LogP) is 3.05. The van der Waals surface area contributed by atoms with Crippen LogP contribution in [0.3, 0.4) is 0 Å². The number of urea groups is 1. The van der Waals surface area contributed by atoms with Crippen LogP contribution in [0.2, 0.25) is 0 Å². The number of thioether (sulfide) groups is 1. The zero-order valence-corrected chi connectivity index (χ0v) is 13.2. The van der Waals surface area contributed by atoms with Crippen LogP contribution < -0.4 is 5.32 Å². The van der Waals surface area contributed by atoms with E-state index in [9.17, 15) is 14.7 Å². The highest BCUT2D eigenvalue weighted by Crippen LogP contribution is 2.26. The van der Waals surface area contributed by atoms with Crippen molar-refractivity contribution in [2.45, 2.75) is 31.3 Å². The summed E-state index contributed by atoms with van der Waals surface area (Å²) in [5.41, 5.74) is 1.25. The Kier molecular flexibility index (Phi) is 4.77. The number of hydrogen-bond donors (Lipinski definition) is 2. The summed E-state index contributed by atoms with van der Waals surface area (Å²) in [6.07, 6.45) is 0. The van der Waals surface area contributed by atoms with E-state index < -0.39 is 5.97 Å². The predicted molar refractivity (Wildman–Crippen MR) is 85.2 cm³/mol. The second-order valence-corrected chi connectivity index (χ2v) is 7.28. The number of carbonyl (C=O) groups excluding carboxylic acids is 1. The number of aromatic carboxylic acids is 1. The number of hydrogen-bond acceptors (Lipinski definition) is 3. The number of nitrogens with one attached hydrogen (secondary N) is 1. The van der Waals surface area contributed by atoms with Gasteiger partial charge in [0.05, 0.1) is 11.3 Å². The van der Waals surface area contributed by atoms with Crippen molar-refractivity contribution in [3.05, 3.63) is 29.3 Å². The van der Waals surface area contributed by atoms with Crippen LogP contribution in [0.15, 0.2) is 18.2 Å². The van der Waals surface area contributed by atoms with E-state index in [2.05, 4.69) is 19.2 Å². The molecule has 6 heteroatoms. The molecule has 1 aromatic rings. The Balaban J connectivity index is 2.18. The molecule has 1 aliphatic heterocycles. The van der Waals surface area contributed by atoms with E-state index in [1.54, 1.807) is 24.0 Å². The highest BCUT2D eigenvalue weighted by Gasteiger charge is 2.26. The molecule has 2 atom stereocenters. The van der Waals surface area contributed by atoms with Crippen molar-refractivity contribution in [3.8, 4) is 0 Å². The van der Waals surface area contributed by atoms with E-state index in [1.165, 1.54) is 6.07 Å². The summed E-state index contributed by atoms with van der Waals surface area (Å²) >= 11 is 1.86. The SMILES string of the molecule is Cc1cccc(C(=O)O)c1NC(=O)N1CC(C)SC(C)C1. The van der Waals surface area contributed by atoms with E-state index in [4.69, 9.17) is 0 Å². The molecule has 1 aliphatic rings. The Hall–Kier alpha value is -1.69. The van der Waals surface area contributed by atoms with Gasteiger partial charge < -0.3 is 15.3 Å². The van der Waals surface area contributed by atoms with Gasteiger partial charge in [-0.1, -0.05) is 26.0 Å². The molecule has 2 rings (SSSR count). The van der Waals surface area contributed by atoms with Gasteiger partial charge in [-0.15, -0.1) is 0 Å². The molecule has 1 aromatic carbocycles. The fraction of sp³-hybridized carbons (Fsp3) is 0.467. The minimum absolute atomic E-state index is 0.121. The number of carboxylic acids is 1. The second kappa shape index (κ2) is 6.39. The zero-order chi connectivity index (χ0) is 15.6. The van der Waals surface area contributed by atoms with Crippen molar-refractivity contribution >= 4 is 29.4 Å². The van der Waals surface area contributed by atoms with Gasteiger partial charge in [0.2, 0.25) is 0 Å². The molecular weight excluding hydrogens is 288 g/mol. The van der Waals surface area contributed by atoms with E-state index >= 15 is 0 Å². The van der Waals surface area contributed by atoms with Gasteiger partial charge in [-0.05, 0) is 18.6 Å². The first-order chi connectivity index (χ1) is 9.88. The third-order valence-electron chi connectivity index (χ3n) is 3.44. The van der Waals surface area contributed by atoms with Crippen molar-refractivity contribution in [1.29, 1.82) is 0 Å². The first kappa shape index (κ1) is 15.7. The maximum absolute atomic E-state index is 12.4. The summed E-state index contributed by atoms with van der Waals surface area (Å²) in [6, 6.07) is 4.74. The van der Waals surface area contributed by atoms with E-state index in [-0.39, 0.29) is 11.6 Å². The van der Waals surface area contributed by atoms with Crippen LogP contribution in [0.5, 0.6) is 0 Å². The lowest BCUT2D eigenvalue weighted by Crippen LogP contribution is -2.46. The number of carbonyl (C=O) groups is 2. The Morgan fingerprint density at radius 2 is 1.90 bits per heavy atom. The van der Waals surface area contributed by atoms with Gasteiger partial charge in [-0.25, -0.2) is 9.59 Å². The summed E-state index contributed by atoms with van der Waals surface area (Å²) in [4.78, 5) is 25.4. The monoisotopic (exact) mass is 308 g/mol. The fourth-order valence-electron chi connectivity index (χ4n) is 2.54. The molecule has 0 radical (unpaired) electrons. The summed E-state index contributed by atoms with van der Waals surface area (Å²) in [5, 5.41) is 12.8. The van der Waals surface area contributed by atoms with Gasteiger partial charge in [0.1, 0.15) is 0 Å². The van der Waals surface area contributed by atoms with Crippen molar-refractivity contribution in [2.75, 3.05) is 18.4 Å². The molecule has 1 fully saturated rings. The Bertz CT molecular complexity index is 552. The molecule has 1 heterocycles. The van der Waals surface area contributed by atoms with Crippen LogP contribution in [0.1, 0.15) is 29.8 Å². The minimum Gasteiger partial charge on any atom is -0.478 e. The Labute approximate surface area is 128 Å². The summed E-state index contributed by atoms with van der Waals surface area (Å²) < 4.78 is 0. The van der Waals surface area contributed by atoms with Gasteiger partial charge >= 0.3 is 12.0 Å². The smallest absolute Gasteiger partial charge is 0.337 e. The van der Waals surface area contributed by atoms with Gasteiger partial charge in [-0.2, -0.15) is 11.8 Å². The van der Waals surface area contributed by atoms with Crippen LogP contribution in [0, 0.1) is 6.92 Å². The number of benzene rings is 1. The molecule has 0 aliphatic carbocycles. The maximum atomic E-state index is 12.4. The molecule has 2 unspecified atom stereocenters. The number of aryl methyl sites for hydroxylation is 1. The zero-order valence-electron chi connectivity index (χ0n) is 12.4. The normalized spacial score (nSPS) is 22.0. The first-order valence-corrected chi connectivity index (χ1v) is 7.87. The number of amides is 2. The molecule has 21 heavy (non-hydrogen) atoms. The summed E-state index contributed by atoms with van der Waals surface area (Å²) in [7, 11) is 0. The molecule has 0 saturated carbocycles. The van der Waals surface area contributed by atoms with Crippen molar-refractivity contribution < 1.29 is 14.7 Å². The maximum Gasteiger partial charge on any atom is 0.337 e. The molecule has 0 aromatic heterocycles. The molecule has 0 spiro atoms. The quantitative estimate of drug-likeness (QED) is 0.881. The third-order valence-corrected chi connectivity index (χ3v) is 4.67. The topological polar surface area (TPSA) is 69.6 Å². The standard InChI is InChI=1S/C15H20N2O3S/c1-9-5-4-6-12(14(18)19)13(9)16-15(20)17-7-10(2)21-11(3)8-17/h4-6,10-11H,7-8H2,1-3H3,(H,16,20)(H,18,19). The second-order valence-electron chi connectivity index (χ2n) is 5.40. The molecule has 114 valence electrons. The average molecular weight is 308 g/mol. The fourth-order valence-corrected chi connectivity index (χ4v) is 3.87. The van der Waals surface area contributed by atoms with Crippen LogP contribution in [-0.2, 0) is 0 Å². The van der Waals surface area contributed by atoms with Crippen LogP contribution in [-0.4, -0.2) is 45.6 Å². The number of anilines is 1. The van der Waals surface area contributed by atoms with E-state index in [0.29, 0.717) is 29.3 Å². The molecule has 0 bridgehead atoms. The van der Waals surface area contributed by atoms with Gasteiger partial charge in [-0.3, -0.25) is 0 Å². The lowest BCUT2D eigenvalue weighted by Gasteiger charge is -2.34. The van der Waals surface area contributed by atoms with Crippen molar-refractivity contribution in [2.24, 2.45) is 0 Å². The van der Waals surface area contributed by atoms with Gasteiger partial charge in [0.25, 0.3) is 0 Å². The van der Waals surface area contributed by atoms with Crippen molar-refractivity contribution in [1.82, 2.24) is 4.90 Å². The first-order valence-electron chi connectivity index (χ1n) is 6.92. The molecule has 2 N–H and O–H groups in total. The summed E-state index contributed by atoms with van der Waals surface area (Å²) in [5.74, 6) is -1.04. The van der Waals surface area contributed by atoms with Crippen LogP contribution in [0.25, 0.3) is 0 Å². The van der Waals surface area contributed by atoms with Gasteiger partial charge in [0, 0.05) is 23.6 Å². The lowest BCUT2D eigenvalue weighted by molar-refractivity contribution is 0.0698. The molecule has 1 saturated heterocycles. The van der Waals surface area contributed by atoms with E-state index in [1.807, 2.05) is 11.8 Å². The highest BCUT2D eigenvalue weighted by molar-refractivity contribution is 8.00. The summed E-state index contributed by atoms with van der Waals surface area (Å²) in [6.45, 7) is 7.33. The number of carboxylic acid groups (broad SMARTS) is 1. The number of nitrogens with zero attached hydrogens (tertiary/aromatic N) is 1. The van der Waals surface area contributed by atoms with Crippen LogP contribution in [0.4, 0.5) is 10.5 Å². The van der Waals surface area contributed by atoms with Gasteiger partial charge in [0.15, 0.2) is 0 Å². The largest absolute Gasteiger partial charge is 0.478 e. The molecular formula is C15H20N2O3S. The van der Waals surface area contributed by atoms with Crippen molar-refractivity contribution in [3.63, 3.8) is 0 Å². The van der Waals surface area contributed by atoms with E-state index in [0.717, 1.165) is 5.56 Å². The Morgan fingerprint density at radius 3 is 2.48 bits per heavy atom. The Morgan fingerprint density at radius 1 is 1.29 bits per heavy atom. The molecule has 2 amide bonds. The molecule has 5 nitrogen and oxygen atoms in total. The lowest BCUT2D eigenvalue weighted by atomic mass is 10.1. The highest BCUT2D eigenvalue weighted by atomic mass is 32.2. The number of rotatable bonds is 2. The average Bonchev–Trinajstić information content (AvgIpc) is 2.39.